The molecule has 0 saturated carbocycles. The molecule has 0 atom stereocenters. The highest BCUT2D eigenvalue weighted by molar-refractivity contribution is 6.30. The average molecular weight is 293 g/mol. The van der Waals surface area contributed by atoms with Crippen LogP contribution in [0.4, 0.5) is 4.79 Å². The zero-order chi connectivity index (χ0) is 14.5. The van der Waals surface area contributed by atoms with Crippen LogP contribution in [-0.4, -0.2) is 6.03 Å². The average Bonchev–Trinajstić information content (AvgIpc) is 2.74. The van der Waals surface area contributed by atoms with E-state index in [1.807, 2.05) is 32.0 Å². The third-order valence-corrected chi connectivity index (χ3v) is 3.20. The van der Waals surface area contributed by atoms with Gasteiger partial charge in [0.05, 0.1) is 0 Å². The highest BCUT2D eigenvalue weighted by atomic mass is 35.5. The topological polar surface area (TPSA) is 54.3 Å². The number of rotatable bonds is 4. The van der Waals surface area contributed by atoms with Gasteiger partial charge in [-0.15, -0.1) is 0 Å². The molecule has 0 fully saturated rings. The Kier molecular flexibility index (Phi) is 4.69. The second-order valence-corrected chi connectivity index (χ2v) is 5.04. The van der Waals surface area contributed by atoms with E-state index in [9.17, 15) is 4.79 Å². The molecule has 0 bridgehead atoms. The van der Waals surface area contributed by atoms with E-state index < -0.39 is 0 Å². The number of benzene rings is 1. The molecule has 0 unspecified atom stereocenters. The van der Waals surface area contributed by atoms with Crippen molar-refractivity contribution in [3.05, 3.63) is 58.0 Å². The van der Waals surface area contributed by atoms with Gasteiger partial charge in [0.2, 0.25) is 0 Å². The molecule has 2 N–H and O–H groups in total. The van der Waals surface area contributed by atoms with Gasteiger partial charge in [-0.25, -0.2) is 4.79 Å². The first kappa shape index (κ1) is 14.5. The van der Waals surface area contributed by atoms with Gasteiger partial charge in [-0.1, -0.05) is 23.7 Å². The van der Waals surface area contributed by atoms with E-state index in [1.165, 1.54) is 0 Å². The summed E-state index contributed by atoms with van der Waals surface area (Å²) in [6.45, 7) is 4.69. The number of furan rings is 1. The lowest BCUT2D eigenvalue weighted by Gasteiger charge is -2.07. The van der Waals surface area contributed by atoms with E-state index in [-0.39, 0.29) is 6.03 Å². The summed E-state index contributed by atoms with van der Waals surface area (Å²) < 4.78 is 5.40. The maximum Gasteiger partial charge on any atom is 0.315 e. The number of carbonyl (C=O) groups is 1. The van der Waals surface area contributed by atoms with Crippen LogP contribution in [0.5, 0.6) is 0 Å². The van der Waals surface area contributed by atoms with Gasteiger partial charge in [0, 0.05) is 23.7 Å². The van der Waals surface area contributed by atoms with Gasteiger partial charge in [-0.3, -0.25) is 0 Å². The maximum absolute atomic E-state index is 11.7. The van der Waals surface area contributed by atoms with Gasteiger partial charge in [0.25, 0.3) is 0 Å². The summed E-state index contributed by atoms with van der Waals surface area (Å²) in [6, 6.07) is 9.08. The fourth-order valence-electron chi connectivity index (χ4n) is 1.88. The van der Waals surface area contributed by atoms with E-state index in [2.05, 4.69) is 10.6 Å². The molecule has 5 heteroatoms. The van der Waals surface area contributed by atoms with Gasteiger partial charge in [-0.05, 0) is 37.6 Å². The Morgan fingerprint density at radius 3 is 2.40 bits per heavy atom. The molecular formula is C15H17ClN2O2. The summed E-state index contributed by atoms with van der Waals surface area (Å²) in [4.78, 5) is 11.7. The third-order valence-electron chi connectivity index (χ3n) is 2.95. The summed E-state index contributed by atoms with van der Waals surface area (Å²) in [5, 5.41) is 6.27. The highest BCUT2D eigenvalue weighted by Crippen LogP contribution is 2.13. The standard InChI is InChI=1S/C15H17ClN2O2/c1-10-7-13(11(2)20-10)9-18-15(19)17-8-12-3-5-14(16)6-4-12/h3-7H,8-9H2,1-2H3,(H2,17,18,19). The lowest BCUT2D eigenvalue weighted by molar-refractivity contribution is 0.240. The second kappa shape index (κ2) is 6.48. The SMILES string of the molecule is Cc1cc(CNC(=O)NCc2ccc(Cl)cc2)c(C)o1. The minimum absolute atomic E-state index is 0.210. The van der Waals surface area contributed by atoms with E-state index in [0.717, 1.165) is 22.6 Å². The van der Waals surface area contributed by atoms with Crippen molar-refractivity contribution in [2.45, 2.75) is 26.9 Å². The summed E-state index contributed by atoms with van der Waals surface area (Å²) in [6.07, 6.45) is 0. The predicted molar refractivity (Wildman–Crippen MR) is 78.7 cm³/mol. The Bertz CT molecular complexity index is 590. The summed E-state index contributed by atoms with van der Waals surface area (Å²) in [5.41, 5.74) is 1.99. The first-order valence-corrected chi connectivity index (χ1v) is 6.74. The second-order valence-electron chi connectivity index (χ2n) is 4.60. The molecule has 0 saturated heterocycles. The Morgan fingerprint density at radius 2 is 1.80 bits per heavy atom. The Labute approximate surface area is 123 Å². The monoisotopic (exact) mass is 292 g/mol. The molecule has 1 aromatic heterocycles. The molecule has 0 aliphatic carbocycles. The van der Waals surface area contributed by atoms with Crippen LogP contribution in [0.25, 0.3) is 0 Å². The molecule has 0 aliphatic heterocycles. The molecule has 20 heavy (non-hydrogen) atoms. The van der Waals surface area contributed by atoms with Crippen LogP contribution >= 0.6 is 11.6 Å². The van der Waals surface area contributed by atoms with Crippen molar-refractivity contribution in [2.24, 2.45) is 0 Å². The molecule has 2 rings (SSSR count). The minimum atomic E-state index is -0.210. The van der Waals surface area contributed by atoms with Gasteiger partial charge in [0.1, 0.15) is 11.5 Å². The molecule has 0 radical (unpaired) electrons. The number of carbonyl (C=O) groups excluding carboxylic acids is 1. The van der Waals surface area contributed by atoms with Crippen molar-refractivity contribution >= 4 is 17.6 Å². The van der Waals surface area contributed by atoms with Crippen molar-refractivity contribution in [3.63, 3.8) is 0 Å². The van der Waals surface area contributed by atoms with Gasteiger partial charge >= 0.3 is 6.03 Å². The number of aryl methyl sites for hydroxylation is 2. The van der Waals surface area contributed by atoms with Crippen LogP contribution in [0.15, 0.2) is 34.7 Å². The zero-order valence-corrected chi connectivity index (χ0v) is 12.3. The number of amides is 2. The number of halogens is 1. The van der Waals surface area contributed by atoms with Crippen molar-refractivity contribution in [3.8, 4) is 0 Å². The first-order valence-electron chi connectivity index (χ1n) is 6.36. The van der Waals surface area contributed by atoms with Crippen molar-refractivity contribution in [1.82, 2.24) is 10.6 Å². The lowest BCUT2D eigenvalue weighted by Crippen LogP contribution is -2.34. The molecule has 106 valence electrons. The molecule has 2 amide bonds. The van der Waals surface area contributed by atoms with Crippen LogP contribution in [0.1, 0.15) is 22.6 Å². The fraction of sp³-hybridized carbons (Fsp3) is 0.267. The number of urea groups is 1. The Balaban J connectivity index is 1.78. The smallest absolute Gasteiger partial charge is 0.315 e. The normalized spacial score (nSPS) is 10.3. The van der Waals surface area contributed by atoms with Crippen LogP contribution in [0, 0.1) is 13.8 Å². The van der Waals surface area contributed by atoms with E-state index in [4.69, 9.17) is 16.0 Å². The molecule has 2 aromatic rings. The largest absolute Gasteiger partial charge is 0.466 e. The molecule has 0 spiro atoms. The maximum atomic E-state index is 11.7. The number of hydrogen-bond acceptors (Lipinski definition) is 2. The summed E-state index contributed by atoms with van der Waals surface area (Å²) >= 11 is 5.80. The van der Waals surface area contributed by atoms with Crippen molar-refractivity contribution in [1.29, 1.82) is 0 Å². The van der Waals surface area contributed by atoms with E-state index >= 15 is 0 Å². The molecule has 0 aliphatic rings. The van der Waals surface area contributed by atoms with Crippen LogP contribution < -0.4 is 10.6 Å². The van der Waals surface area contributed by atoms with Gasteiger partial charge in [0.15, 0.2) is 0 Å². The first-order chi connectivity index (χ1) is 9.54. The zero-order valence-electron chi connectivity index (χ0n) is 11.5. The third kappa shape index (κ3) is 4.03. The van der Waals surface area contributed by atoms with Crippen LogP contribution in [-0.2, 0) is 13.1 Å². The Hall–Kier alpha value is -1.94. The van der Waals surface area contributed by atoms with E-state index in [1.54, 1.807) is 12.1 Å². The highest BCUT2D eigenvalue weighted by Gasteiger charge is 2.06. The molecule has 4 nitrogen and oxygen atoms in total. The number of hydrogen-bond donors (Lipinski definition) is 2. The lowest BCUT2D eigenvalue weighted by atomic mass is 10.2. The fourth-order valence-corrected chi connectivity index (χ4v) is 2.01. The number of nitrogens with one attached hydrogen (secondary N) is 2. The summed E-state index contributed by atoms with van der Waals surface area (Å²) in [7, 11) is 0. The Morgan fingerprint density at radius 1 is 1.15 bits per heavy atom. The van der Waals surface area contributed by atoms with Crippen molar-refractivity contribution < 1.29 is 9.21 Å². The van der Waals surface area contributed by atoms with Gasteiger partial charge in [-0.2, -0.15) is 0 Å². The van der Waals surface area contributed by atoms with Crippen LogP contribution in [0.3, 0.4) is 0 Å². The quantitative estimate of drug-likeness (QED) is 0.905. The predicted octanol–water partition coefficient (Wildman–Crippen LogP) is 3.55. The van der Waals surface area contributed by atoms with Crippen molar-refractivity contribution in [2.75, 3.05) is 0 Å². The van der Waals surface area contributed by atoms with Crippen LogP contribution in [0.2, 0.25) is 5.02 Å². The minimum Gasteiger partial charge on any atom is -0.466 e. The summed E-state index contributed by atoms with van der Waals surface area (Å²) in [5.74, 6) is 1.68. The van der Waals surface area contributed by atoms with E-state index in [0.29, 0.717) is 18.1 Å². The molecule has 1 aromatic carbocycles. The molecular weight excluding hydrogens is 276 g/mol. The van der Waals surface area contributed by atoms with Gasteiger partial charge < -0.3 is 15.1 Å². The molecule has 1 heterocycles.